The molecule has 0 aliphatic rings. The summed E-state index contributed by atoms with van der Waals surface area (Å²) in [7, 11) is 1.66. The monoisotopic (exact) mass is 277 g/mol. The second-order valence-electron chi connectivity index (χ2n) is 4.74. The average Bonchev–Trinajstić information content (AvgIpc) is 2.76. The second kappa shape index (κ2) is 6.63. The molecule has 0 aliphatic heterocycles. The number of halogens is 1. The molecule has 0 saturated heterocycles. The first kappa shape index (κ1) is 14.7. The van der Waals surface area contributed by atoms with Gasteiger partial charge in [0.15, 0.2) is 0 Å². The van der Waals surface area contributed by atoms with Gasteiger partial charge in [-0.25, -0.2) is 9.37 Å². The summed E-state index contributed by atoms with van der Waals surface area (Å²) in [4.78, 5) is 4.20. The topological polar surface area (TPSA) is 39.1 Å². The maximum absolute atomic E-state index is 14.2. The van der Waals surface area contributed by atoms with Gasteiger partial charge < -0.3 is 14.6 Å². The molecule has 0 spiro atoms. The van der Waals surface area contributed by atoms with Gasteiger partial charge in [-0.05, 0) is 31.5 Å². The highest BCUT2D eigenvalue weighted by Gasteiger charge is 2.09. The number of benzene rings is 1. The van der Waals surface area contributed by atoms with Crippen LogP contribution >= 0.6 is 0 Å². The van der Waals surface area contributed by atoms with Crippen LogP contribution < -0.4 is 5.32 Å². The van der Waals surface area contributed by atoms with Gasteiger partial charge in [0.05, 0.1) is 24.3 Å². The molecule has 0 amide bonds. The van der Waals surface area contributed by atoms with Gasteiger partial charge in [-0.2, -0.15) is 0 Å². The van der Waals surface area contributed by atoms with Gasteiger partial charge in [-0.1, -0.05) is 6.07 Å². The van der Waals surface area contributed by atoms with Crippen LogP contribution in [-0.4, -0.2) is 29.8 Å². The fraction of sp³-hybridized carbons (Fsp3) is 0.400. The second-order valence-corrected chi connectivity index (χ2v) is 4.74. The first-order valence-electron chi connectivity index (χ1n) is 6.62. The van der Waals surface area contributed by atoms with Crippen molar-refractivity contribution < 1.29 is 9.13 Å². The normalized spacial score (nSPS) is 11.0. The lowest BCUT2D eigenvalue weighted by atomic mass is 10.2. The number of methoxy groups -OCH3 is 1. The van der Waals surface area contributed by atoms with Gasteiger partial charge in [-0.15, -0.1) is 0 Å². The average molecular weight is 277 g/mol. The minimum absolute atomic E-state index is 0.239. The Morgan fingerprint density at radius 3 is 2.75 bits per heavy atom. The fourth-order valence-corrected chi connectivity index (χ4v) is 2.00. The lowest BCUT2D eigenvalue weighted by Crippen LogP contribution is -2.18. The molecule has 0 atom stereocenters. The zero-order valence-electron chi connectivity index (χ0n) is 12.1. The Kier molecular flexibility index (Phi) is 4.87. The smallest absolute Gasteiger partial charge is 0.147 e. The molecule has 1 aromatic heterocycles. The number of nitrogens with one attached hydrogen (secondary N) is 1. The van der Waals surface area contributed by atoms with Crippen molar-refractivity contribution in [2.75, 3.05) is 20.3 Å². The summed E-state index contributed by atoms with van der Waals surface area (Å²) >= 11 is 0. The van der Waals surface area contributed by atoms with Gasteiger partial charge in [0, 0.05) is 25.9 Å². The fourth-order valence-electron chi connectivity index (χ4n) is 2.00. The Bertz CT molecular complexity index is 580. The zero-order chi connectivity index (χ0) is 14.5. The Morgan fingerprint density at radius 1 is 1.35 bits per heavy atom. The van der Waals surface area contributed by atoms with E-state index in [2.05, 4.69) is 10.3 Å². The van der Waals surface area contributed by atoms with E-state index in [0.29, 0.717) is 18.8 Å². The van der Waals surface area contributed by atoms with Crippen molar-refractivity contribution in [3.05, 3.63) is 47.3 Å². The summed E-state index contributed by atoms with van der Waals surface area (Å²) in [5.74, 6) is -0.239. The number of nitrogens with zero attached hydrogens (tertiary/aromatic N) is 2. The van der Waals surface area contributed by atoms with Gasteiger partial charge >= 0.3 is 0 Å². The minimum Gasteiger partial charge on any atom is -0.383 e. The number of hydrogen-bond acceptors (Lipinski definition) is 3. The largest absolute Gasteiger partial charge is 0.383 e. The summed E-state index contributed by atoms with van der Waals surface area (Å²) in [6, 6.07) is 5.27. The third-order valence-corrected chi connectivity index (χ3v) is 3.34. The zero-order valence-corrected chi connectivity index (χ0v) is 12.1. The van der Waals surface area contributed by atoms with Gasteiger partial charge in [-0.3, -0.25) is 0 Å². The molecule has 2 rings (SSSR count). The van der Waals surface area contributed by atoms with Crippen molar-refractivity contribution in [2.24, 2.45) is 0 Å². The first-order chi connectivity index (χ1) is 9.63. The van der Waals surface area contributed by atoms with E-state index in [0.717, 1.165) is 23.5 Å². The predicted octanol–water partition coefficient (Wildman–Crippen LogP) is 2.36. The number of rotatable bonds is 6. The van der Waals surface area contributed by atoms with E-state index in [9.17, 15) is 4.39 Å². The van der Waals surface area contributed by atoms with Crippen LogP contribution in [0.2, 0.25) is 0 Å². The predicted molar refractivity (Wildman–Crippen MR) is 76.6 cm³/mol. The molecule has 4 nitrogen and oxygen atoms in total. The molecule has 0 saturated carbocycles. The van der Waals surface area contributed by atoms with Gasteiger partial charge in [0.25, 0.3) is 0 Å². The van der Waals surface area contributed by atoms with Crippen LogP contribution in [0.5, 0.6) is 0 Å². The molecular weight excluding hydrogens is 257 g/mol. The molecule has 1 heterocycles. The Labute approximate surface area is 118 Å². The van der Waals surface area contributed by atoms with E-state index in [-0.39, 0.29) is 5.82 Å². The van der Waals surface area contributed by atoms with Crippen molar-refractivity contribution in [1.29, 1.82) is 0 Å². The van der Waals surface area contributed by atoms with Crippen LogP contribution in [0.1, 0.15) is 17.0 Å². The number of hydrogen-bond donors (Lipinski definition) is 1. The molecule has 1 aromatic carbocycles. The summed E-state index contributed by atoms with van der Waals surface area (Å²) < 4.78 is 20.9. The van der Waals surface area contributed by atoms with E-state index in [1.54, 1.807) is 30.1 Å². The lowest BCUT2D eigenvalue weighted by molar-refractivity contribution is 0.199. The third kappa shape index (κ3) is 3.23. The minimum atomic E-state index is -0.239. The first-order valence-corrected chi connectivity index (χ1v) is 6.62. The maximum Gasteiger partial charge on any atom is 0.147 e. The van der Waals surface area contributed by atoms with Crippen LogP contribution in [0.15, 0.2) is 24.5 Å². The molecule has 5 heteroatoms. The number of ether oxygens (including phenoxy) is 1. The third-order valence-electron chi connectivity index (χ3n) is 3.34. The Hall–Kier alpha value is -1.72. The van der Waals surface area contributed by atoms with Gasteiger partial charge in [0.2, 0.25) is 0 Å². The highest BCUT2D eigenvalue weighted by atomic mass is 19.1. The van der Waals surface area contributed by atoms with Crippen LogP contribution in [-0.2, 0) is 11.3 Å². The van der Waals surface area contributed by atoms with E-state index in [4.69, 9.17) is 4.74 Å². The van der Waals surface area contributed by atoms with Crippen LogP contribution in [0.25, 0.3) is 5.69 Å². The lowest BCUT2D eigenvalue weighted by Gasteiger charge is -2.09. The van der Waals surface area contributed by atoms with Crippen LogP contribution in [0, 0.1) is 19.7 Å². The highest BCUT2D eigenvalue weighted by molar-refractivity contribution is 5.38. The molecular formula is C15H20FN3O. The molecule has 108 valence electrons. The number of aromatic nitrogens is 2. The number of imidazole rings is 1. The standard InChI is InChI=1S/C15H20FN3O/c1-11-12(2)19(10-18-11)15-5-4-13(8-14(15)16)9-17-6-7-20-3/h4-5,8,10,17H,6-7,9H2,1-3H3. The molecule has 0 unspecified atom stereocenters. The molecule has 2 aromatic rings. The van der Waals surface area contributed by atoms with Crippen LogP contribution in [0.4, 0.5) is 4.39 Å². The maximum atomic E-state index is 14.2. The summed E-state index contributed by atoms with van der Waals surface area (Å²) in [6.07, 6.45) is 1.65. The van der Waals surface area contributed by atoms with Gasteiger partial charge in [0.1, 0.15) is 5.82 Å². The summed E-state index contributed by atoms with van der Waals surface area (Å²) in [5.41, 5.74) is 3.31. The Balaban J connectivity index is 2.12. The number of aryl methyl sites for hydroxylation is 1. The molecule has 0 radical (unpaired) electrons. The van der Waals surface area contributed by atoms with E-state index < -0.39 is 0 Å². The van der Waals surface area contributed by atoms with Crippen molar-refractivity contribution in [1.82, 2.24) is 14.9 Å². The van der Waals surface area contributed by atoms with E-state index in [1.165, 1.54) is 0 Å². The molecule has 20 heavy (non-hydrogen) atoms. The molecule has 0 fully saturated rings. The summed E-state index contributed by atoms with van der Waals surface area (Å²) in [6.45, 7) is 5.87. The SMILES string of the molecule is COCCNCc1ccc(-n2cnc(C)c2C)c(F)c1. The summed E-state index contributed by atoms with van der Waals surface area (Å²) in [5, 5.41) is 3.19. The van der Waals surface area contributed by atoms with Crippen molar-refractivity contribution >= 4 is 0 Å². The van der Waals surface area contributed by atoms with Crippen molar-refractivity contribution in [3.8, 4) is 5.69 Å². The quantitative estimate of drug-likeness (QED) is 0.824. The van der Waals surface area contributed by atoms with Crippen molar-refractivity contribution in [2.45, 2.75) is 20.4 Å². The molecule has 1 N–H and O–H groups in total. The molecule has 0 aliphatic carbocycles. The van der Waals surface area contributed by atoms with E-state index >= 15 is 0 Å². The Morgan fingerprint density at radius 2 is 2.15 bits per heavy atom. The van der Waals surface area contributed by atoms with E-state index in [1.807, 2.05) is 19.9 Å². The highest BCUT2D eigenvalue weighted by Crippen LogP contribution is 2.18. The van der Waals surface area contributed by atoms with Crippen LogP contribution in [0.3, 0.4) is 0 Å². The van der Waals surface area contributed by atoms with Crippen molar-refractivity contribution in [3.63, 3.8) is 0 Å². The molecule has 0 bridgehead atoms.